The van der Waals surface area contributed by atoms with Crippen molar-refractivity contribution in [2.45, 2.75) is 25.9 Å². The van der Waals surface area contributed by atoms with Crippen LogP contribution in [0.1, 0.15) is 16.7 Å². The standard InChI is InChI=1S/C25H23N3O3S2/c1-15-4-7-21-20(12-15)27(9-10-31-21)22(29)14-33-25-26-19-8-11-32-23(19)24(30)28(25)18-6-5-16(2)17(3)13-18/h4-8,11-13H,9-10,14H2,1-3H3. The maximum absolute atomic E-state index is 13.4. The predicted molar refractivity (Wildman–Crippen MR) is 134 cm³/mol. The summed E-state index contributed by atoms with van der Waals surface area (Å²) < 4.78 is 7.96. The summed E-state index contributed by atoms with van der Waals surface area (Å²) in [5, 5.41) is 2.39. The zero-order chi connectivity index (χ0) is 23.1. The fourth-order valence-corrected chi connectivity index (χ4v) is 5.52. The van der Waals surface area contributed by atoms with Crippen molar-refractivity contribution in [3.8, 4) is 11.4 Å². The Morgan fingerprint density at radius 3 is 2.79 bits per heavy atom. The first-order valence-corrected chi connectivity index (χ1v) is 12.5. The molecule has 0 spiro atoms. The number of ether oxygens (including phenoxy) is 1. The summed E-state index contributed by atoms with van der Waals surface area (Å²) >= 11 is 2.67. The lowest BCUT2D eigenvalue weighted by atomic mass is 10.1. The molecule has 0 fully saturated rings. The maximum Gasteiger partial charge on any atom is 0.276 e. The highest BCUT2D eigenvalue weighted by Crippen LogP contribution is 2.33. The summed E-state index contributed by atoms with van der Waals surface area (Å²) in [7, 11) is 0. The minimum Gasteiger partial charge on any atom is -0.490 e. The lowest BCUT2D eigenvalue weighted by Crippen LogP contribution is -2.39. The molecule has 0 saturated carbocycles. The van der Waals surface area contributed by atoms with Crippen LogP contribution in [-0.4, -0.2) is 34.4 Å². The van der Waals surface area contributed by atoms with E-state index < -0.39 is 0 Å². The highest BCUT2D eigenvalue weighted by atomic mass is 32.2. The molecule has 0 unspecified atom stereocenters. The number of carbonyl (C=O) groups excluding carboxylic acids is 1. The Bertz CT molecular complexity index is 1440. The summed E-state index contributed by atoms with van der Waals surface area (Å²) in [6.45, 7) is 7.01. The second-order valence-electron chi connectivity index (χ2n) is 8.09. The molecule has 0 bridgehead atoms. The van der Waals surface area contributed by atoms with Crippen molar-refractivity contribution in [3.63, 3.8) is 0 Å². The van der Waals surface area contributed by atoms with Gasteiger partial charge in [-0.1, -0.05) is 23.9 Å². The molecule has 6 nitrogen and oxygen atoms in total. The number of rotatable bonds is 4. The predicted octanol–water partition coefficient (Wildman–Crippen LogP) is 4.89. The molecule has 168 valence electrons. The molecule has 0 N–H and O–H groups in total. The Kier molecular flexibility index (Phi) is 5.72. The van der Waals surface area contributed by atoms with Crippen LogP contribution in [0, 0.1) is 20.8 Å². The third-order valence-electron chi connectivity index (χ3n) is 5.80. The van der Waals surface area contributed by atoms with Gasteiger partial charge in [-0.3, -0.25) is 14.2 Å². The van der Waals surface area contributed by atoms with Crippen molar-refractivity contribution in [2.75, 3.05) is 23.8 Å². The number of thioether (sulfide) groups is 1. The van der Waals surface area contributed by atoms with Gasteiger partial charge >= 0.3 is 0 Å². The van der Waals surface area contributed by atoms with E-state index in [4.69, 9.17) is 9.72 Å². The van der Waals surface area contributed by atoms with E-state index in [1.54, 1.807) is 9.47 Å². The van der Waals surface area contributed by atoms with E-state index in [0.717, 1.165) is 33.8 Å². The van der Waals surface area contributed by atoms with Gasteiger partial charge in [-0.05, 0) is 73.2 Å². The van der Waals surface area contributed by atoms with Gasteiger partial charge in [0.1, 0.15) is 17.1 Å². The number of thiophene rings is 1. The molecule has 0 radical (unpaired) electrons. The van der Waals surface area contributed by atoms with Gasteiger partial charge in [-0.2, -0.15) is 0 Å². The van der Waals surface area contributed by atoms with E-state index in [-0.39, 0.29) is 17.2 Å². The zero-order valence-electron chi connectivity index (χ0n) is 18.6. The Balaban J connectivity index is 1.50. The molecule has 1 aliphatic rings. The number of aryl methyl sites for hydroxylation is 3. The molecule has 4 aromatic rings. The average Bonchev–Trinajstić information content (AvgIpc) is 3.28. The van der Waals surface area contributed by atoms with E-state index in [1.165, 1.54) is 23.1 Å². The zero-order valence-corrected chi connectivity index (χ0v) is 20.3. The number of amides is 1. The minimum atomic E-state index is -0.111. The van der Waals surface area contributed by atoms with Crippen molar-refractivity contribution in [1.82, 2.24) is 9.55 Å². The van der Waals surface area contributed by atoms with Crippen molar-refractivity contribution < 1.29 is 9.53 Å². The summed E-state index contributed by atoms with van der Waals surface area (Å²) in [5.74, 6) is 0.844. The van der Waals surface area contributed by atoms with Crippen LogP contribution in [-0.2, 0) is 4.79 Å². The molecular formula is C25H23N3O3S2. The summed E-state index contributed by atoms with van der Waals surface area (Å²) in [5.41, 5.74) is 5.42. The molecule has 0 saturated heterocycles. The minimum absolute atomic E-state index is 0.0403. The van der Waals surface area contributed by atoms with Crippen LogP contribution >= 0.6 is 23.1 Å². The normalized spacial score (nSPS) is 13.1. The number of benzene rings is 2. The number of nitrogens with zero attached hydrogens (tertiary/aromatic N) is 3. The first kappa shape index (κ1) is 21.7. The van der Waals surface area contributed by atoms with Crippen molar-refractivity contribution in [3.05, 3.63) is 74.9 Å². The van der Waals surface area contributed by atoms with Crippen LogP contribution in [0.5, 0.6) is 5.75 Å². The first-order valence-electron chi connectivity index (χ1n) is 10.7. The van der Waals surface area contributed by atoms with Crippen LogP contribution < -0.4 is 15.2 Å². The number of hydrogen-bond acceptors (Lipinski definition) is 6. The number of anilines is 1. The fourth-order valence-electron chi connectivity index (χ4n) is 3.87. The van der Waals surface area contributed by atoms with E-state index in [9.17, 15) is 9.59 Å². The Morgan fingerprint density at radius 1 is 1.12 bits per heavy atom. The molecular weight excluding hydrogens is 454 g/mol. The monoisotopic (exact) mass is 477 g/mol. The molecule has 2 aromatic heterocycles. The second-order valence-corrected chi connectivity index (χ2v) is 9.95. The molecule has 33 heavy (non-hydrogen) atoms. The maximum atomic E-state index is 13.4. The lowest BCUT2D eigenvalue weighted by Gasteiger charge is -2.29. The van der Waals surface area contributed by atoms with Crippen molar-refractivity contribution in [1.29, 1.82) is 0 Å². The van der Waals surface area contributed by atoms with Gasteiger partial charge in [0, 0.05) is 0 Å². The van der Waals surface area contributed by atoms with Gasteiger partial charge in [-0.15, -0.1) is 11.3 Å². The number of carbonyl (C=O) groups is 1. The number of aromatic nitrogens is 2. The molecule has 8 heteroatoms. The van der Waals surface area contributed by atoms with Crippen molar-refractivity contribution >= 4 is 44.9 Å². The molecule has 1 aliphatic heterocycles. The smallest absolute Gasteiger partial charge is 0.276 e. The second kappa shape index (κ2) is 8.68. The quantitative estimate of drug-likeness (QED) is 0.309. The average molecular weight is 478 g/mol. The van der Waals surface area contributed by atoms with Gasteiger partial charge in [0.15, 0.2) is 5.16 Å². The van der Waals surface area contributed by atoms with E-state index in [1.807, 2.05) is 68.6 Å². The third kappa shape index (κ3) is 4.05. The van der Waals surface area contributed by atoms with Crippen molar-refractivity contribution in [2.24, 2.45) is 0 Å². The highest BCUT2D eigenvalue weighted by Gasteiger charge is 2.25. The van der Waals surface area contributed by atoms with E-state index >= 15 is 0 Å². The van der Waals surface area contributed by atoms with E-state index in [2.05, 4.69) is 0 Å². The molecule has 2 aromatic carbocycles. The highest BCUT2D eigenvalue weighted by molar-refractivity contribution is 7.99. The fraction of sp³-hybridized carbons (Fsp3) is 0.240. The van der Waals surface area contributed by atoms with Gasteiger partial charge < -0.3 is 9.64 Å². The van der Waals surface area contributed by atoms with Crippen LogP contribution in [0.3, 0.4) is 0 Å². The van der Waals surface area contributed by atoms with Crippen LogP contribution in [0.4, 0.5) is 5.69 Å². The Labute approximate surface area is 199 Å². The summed E-state index contributed by atoms with van der Waals surface area (Å²) in [6.07, 6.45) is 0. The van der Waals surface area contributed by atoms with Gasteiger partial charge in [-0.25, -0.2) is 4.98 Å². The largest absolute Gasteiger partial charge is 0.490 e. The van der Waals surface area contributed by atoms with Gasteiger partial charge in [0.05, 0.1) is 29.2 Å². The summed E-state index contributed by atoms with van der Waals surface area (Å²) in [6, 6.07) is 13.6. The molecule has 1 amide bonds. The Hall–Kier alpha value is -3.10. The van der Waals surface area contributed by atoms with Crippen LogP contribution in [0.25, 0.3) is 15.9 Å². The van der Waals surface area contributed by atoms with Crippen LogP contribution in [0.15, 0.2) is 57.8 Å². The Morgan fingerprint density at radius 2 is 1.97 bits per heavy atom. The molecule has 5 rings (SSSR count). The number of fused-ring (bicyclic) bond motifs is 2. The first-order chi connectivity index (χ1) is 15.9. The van der Waals surface area contributed by atoms with Gasteiger partial charge in [0.25, 0.3) is 5.56 Å². The number of hydrogen-bond donors (Lipinski definition) is 0. The molecule has 0 atom stereocenters. The molecule has 3 heterocycles. The SMILES string of the molecule is Cc1ccc2c(c1)N(C(=O)CSc1nc3ccsc3c(=O)n1-c1ccc(C)c(C)c1)CCO2. The van der Waals surface area contributed by atoms with Gasteiger partial charge in [0.2, 0.25) is 5.91 Å². The molecule has 0 aliphatic carbocycles. The lowest BCUT2D eigenvalue weighted by molar-refractivity contribution is -0.116. The topological polar surface area (TPSA) is 64.4 Å². The van der Waals surface area contributed by atoms with E-state index in [0.29, 0.717) is 28.5 Å². The third-order valence-corrected chi connectivity index (χ3v) is 7.62. The summed E-state index contributed by atoms with van der Waals surface area (Å²) in [4.78, 5) is 33.1. The van der Waals surface area contributed by atoms with Crippen LogP contribution in [0.2, 0.25) is 0 Å².